The van der Waals surface area contributed by atoms with Gasteiger partial charge in [0.25, 0.3) is 0 Å². The molecule has 110 valence electrons. The Morgan fingerprint density at radius 3 is 2.68 bits per heavy atom. The average Bonchev–Trinajstić information content (AvgIpc) is 2.75. The lowest BCUT2D eigenvalue weighted by Gasteiger charge is -2.01. The molecule has 0 spiro atoms. The molecule has 1 aliphatic heterocycles. The van der Waals surface area contributed by atoms with E-state index in [-0.39, 0.29) is 5.56 Å². The molecule has 1 aliphatic rings. The zero-order valence-corrected chi connectivity index (χ0v) is 11.1. The van der Waals surface area contributed by atoms with E-state index < -0.39 is 23.6 Å². The van der Waals surface area contributed by atoms with Crippen molar-refractivity contribution >= 4 is 29.6 Å². The summed E-state index contributed by atoms with van der Waals surface area (Å²) >= 11 is 0. The van der Waals surface area contributed by atoms with Crippen LogP contribution in [0.1, 0.15) is 15.9 Å². The molecule has 1 heterocycles. The number of carbonyl (C=O) groups is 2. The van der Waals surface area contributed by atoms with E-state index in [0.29, 0.717) is 16.9 Å². The number of amides is 2. The van der Waals surface area contributed by atoms with Crippen molar-refractivity contribution in [3.05, 3.63) is 53.3 Å². The second-order valence-electron chi connectivity index (χ2n) is 4.67. The minimum absolute atomic E-state index is 0.241. The van der Waals surface area contributed by atoms with Crippen molar-refractivity contribution in [2.24, 2.45) is 0 Å². The summed E-state index contributed by atoms with van der Waals surface area (Å²) in [5, 5.41) is 21.1. The number of nitrogens with one attached hydrogen (secondary N) is 1. The fourth-order valence-electron chi connectivity index (χ4n) is 2.18. The first-order chi connectivity index (χ1) is 10.5. The number of benzene rings is 2. The number of carboxylic acid groups (broad SMARTS) is 1. The van der Waals surface area contributed by atoms with Crippen molar-refractivity contribution in [1.82, 2.24) is 0 Å². The molecule has 7 heteroatoms. The highest BCUT2D eigenvalue weighted by molar-refractivity contribution is 5.98. The van der Waals surface area contributed by atoms with Crippen LogP contribution in [0.2, 0.25) is 0 Å². The van der Waals surface area contributed by atoms with Crippen molar-refractivity contribution in [2.75, 3.05) is 5.32 Å². The number of fused-ring (bicyclic) bond motifs is 1. The van der Waals surface area contributed by atoms with Gasteiger partial charge in [-0.15, -0.1) is 0 Å². The van der Waals surface area contributed by atoms with Crippen LogP contribution in [0.4, 0.5) is 20.6 Å². The van der Waals surface area contributed by atoms with Crippen LogP contribution in [-0.4, -0.2) is 33.0 Å². The number of hydrogen-bond donors (Lipinski definition) is 3. The summed E-state index contributed by atoms with van der Waals surface area (Å²) in [6.45, 7) is 0. The summed E-state index contributed by atoms with van der Waals surface area (Å²) in [4.78, 5) is 22.8. The molecule has 0 aromatic heterocycles. The lowest BCUT2D eigenvalue weighted by molar-refractivity contribution is -0.314. The fraction of sp³-hybridized carbons (Fsp3) is 0. The Morgan fingerprint density at radius 2 is 2.00 bits per heavy atom. The Hall–Kier alpha value is -3.22. The van der Waals surface area contributed by atoms with Gasteiger partial charge < -0.3 is 10.2 Å². The largest absolute Gasteiger partial charge is 0.507 e. The minimum atomic E-state index is -1.25. The van der Waals surface area contributed by atoms with Crippen LogP contribution < -0.4 is 5.32 Å². The fourth-order valence-corrected chi connectivity index (χ4v) is 2.18. The predicted octanol–water partition coefficient (Wildman–Crippen LogP) is 2.54. The Kier molecular flexibility index (Phi) is 3.10. The molecular formula is C15H10FN2O4+. The van der Waals surface area contributed by atoms with E-state index >= 15 is 0 Å². The number of anilines is 1. The van der Waals surface area contributed by atoms with E-state index in [0.717, 1.165) is 0 Å². The van der Waals surface area contributed by atoms with Crippen LogP contribution in [-0.2, 0) is 0 Å². The Bertz CT molecular complexity index is 845. The molecule has 3 N–H and O–H groups in total. The molecular weight excluding hydrogens is 291 g/mol. The van der Waals surface area contributed by atoms with Gasteiger partial charge in [-0.3, -0.25) is 0 Å². The number of hydrogen-bond acceptors (Lipinski definition) is 3. The molecule has 0 unspecified atom stereocenters. The Balaban J connectivity index is 2.06. The quantitative estimate of drug-likeness (QED) is 0.744. The number of rotatable bonds is 2. The number of urea groups is 1. The van der Waals surface area contributed by atoms with E-state index in [1.807, 2.05) is 0 Å². The molecule has 6 nitrogen and oxygen atoms in total. The van der Waals surface area contributed by atoms with Gasteiger partial charge in [-0.1, -0.05) is 6.07 Å². The maximum atomic E-state index is 13.3. The van der Waals surface area contributed by atoms with E-state index in [1.165, 1.54) is 47.2 Å². The number of phenols is 1. The first kappa shape index (κ1) is 13.7. The highest BCUT2D eigenvalue weighted by atomic mass is 19.1. The number of aromatic carboxylic acids is 1. The molecule has 2 aromatic carbocycles. The number of carbonyl (C=O) groups excluding carboxylic acids is 1. The van der Waals surface area contributed by atoms with Gasteiger partial charge in [-0.05, 0) is 24.3 Å². The van der Waals surface area contributed by atoms with Crippen LogP contribution in [0, 0.1) is 5.82 Å². The molecule has 2 amide bonds. The van der Waals surface area contributed by atoms with Crippen molar-refractivity contribution in [3.8, 4) is 5.75 Å². The molecule has 3 rings (SSSR count). The maximum absolute atomic E-state index is 13.3. The Morgan fingerprint density at radius 1 is 1.23 bits per heavy atom. The maximum Gasteiger partial charge on any atom is 0.501 e. The Labute approximate surface area is 123 Å². The van der Waals surface area contributed by atoms with Crippen molar-refractivity contribution in [1.29, 1.82) is 0 Å². The molecule has 0 aliphatic carbocycles. The van der Waals surface area contributed by atoms with Gasteiger partial charge >= 0.3 is 12.0 Å². The monoisotopic (exact) mass is 301 g/mol. The number of nitrogens with zero attached hydrogens (tertiary/aromatic N) is 1. The number of halogens is 1. The third-order valence-electron chi connectivity index (χ3n) is 3.21. The van der Waals surface area contributed by atoms with Gasteiger partial charge in [-0.2, -0.15) is 14.7 Å². The number of aromatic hydroxyl groups is 1. The molecule has 0 radical (unpaired) electrons. The van der Waals surface area contributed by atoms with Gasteiger partial charge in [0, 0.05) is 11.6 Å². The standard InChI is InChI=1S/C15H9FN2O4/c16-9-2-4-11-12(6-9)18(15(22)17-11)7-8-1-3-10(14(20)21)13(19)5-8/h1-7H,(H2-,17,19,20,21,22)/p+1/b18-7-. The third kappa shape index (κ3) is 2.28. The second-order valence-corrected chi connectivity index (χ2v) is 4.67. The predicted molar refractivity (Wildman–Crippen MR) is 75.6 cm³/mol. The van der Waals surface area contributed by atoms with Crippen LogP contribution >= 0.6 is 0 Å². The van der Waals surface area contributed by atoms with Crippen molar-refractivity contribution < 1.29 is 28.8 Å². The minimum Gasteiger partial charge on any atom is -0.507 e. The van der Waals surface area contributed by atoms with Gasteiger partial charge in [0.15, 0.2) is 11.4 Å². The van der Waals surface area contributed by atoms with Crippen molar-refractivity contribution in [3.63, 3.8) is 0 Å². The molecule has 22 heavy (non-hydrogen) atoms. The van der Waals surface area contributed by atoms with E-state index in [2.05, 4.69) is 5.32 Å². The summed E-state index contributed by atoms with van der Waals surface area (Å²) in [7, 11) is 0. The highest BCUT2D eigenvalue weighted by Gasteiger charge is 2.32. The average molecular weight is 301 g/mol. The SMILES string of the molecule is O=C(O)c1ccc(/C=[N+]2\C(=O)Nc3ccc(F)cc32)cc1O. The first-order valence-electron chi connectivity index (χ1n) is 6.26. The van der Waals surface area contributed by atoms with Gasteiger partial charge in [0.05, 0.1) is 0 Å². The van der Waals surface area contributed by atoms with Gasteiger partial charge in [-0.25, -0.2) is 9.18 Å². The van der Waals surface area contributed by atoms with Crippen molar-refractivity contribution in [2.45, 2.75) is 0 Å². The van der Waals surface area contributed by atoms with Crippen LogP contribution in [0.25, 0.3) is 0 Å². The highest BCUT2D eigenvalue weighted by Crippen LogP contribution is 2.31. The summed E-state index contributed by atoms with van der Waals surface area (Å²) in [6, 6.07) is 7.29. The second kappa shape index (κ2) is 4.96. The van der Waals surface area contributed by atoms with E-state index in [4.69, 9.17) is 5.11 Å². The summed E-state index contributed by atoms with van der Waals surface area (Å²) < 4.78 is 14.5. The zero-order valence-electron chi connectivity index (χ0n) is 11.1. The first-order valence-corrected chi connectivity index (χ1v) is 6.26. The molecule has 0 saturated carbocycles. The molecule has 0 atom stereocenters. The summed E-state index contributed by atoms with van der Waals surface area (Å²) in [5.74, 6) is -2.16. The lowest BCUT2D eigenvalue weighted by atomic mass is 10.1. The molecule has 2 aromatic rings. The smallest absolute Gasteiger partial charge is 0.501 e. The lowest BCUT2D eigenvalue weighted by Crippen LogP contribution is -2.15. The van der Waals surface area contributed by atoms with E-state index in [9.17, 15) is 19.1 Å². The summed E-state index contributed by atoms with van der Waals surface area (Å²) in [6.07, 6.45) is 1.38. The van der Waals surface area contributed by atoms with Gasteiger partial charge in [0.1, 0.15) is 23.3 Å². The normalized spacial score (nSPS) is 14.8. The molecule has 0 bridgehead atoms. The van der Waals surface area contributed by atoms with Crippen LogP contribution in [0.5, 0.6) is 5.75 Å². The zero-order chi connectivity index (χ0) is 15.9. The topological polar surface area (TPSA) is 89.6 Å². The van der Waals surface area contributed by atoms with E-state index in [1.54, 1.807) is 0 Å². The van der Waals surface area contributed by atoms with Crippen LogP contribution in [0.3, 0.4) is 0 Å². The van der Waals surface area contributed by atoms with Gasteiger partial charge in [0.2, 0.25) is 0 Å². The third-order valence-corrected chi connectivity index (χ3v) is 3.21. The molecule has 0 fully saturated rings. The van der Waals surface area contributed by atoms with Crippen LogP contribution in [0.15, 0.2) is 36.4 Å². The number of carboxylic acids is 1. The molecule has 0 saturated heterocycles. The summed E-state index contributed by atoms with van der Waals surface area (Å²) in [5.41, 5.74) is 0.963.